The summed E-state index contributed by atoms with van der Waals surface area (Å²) < 4.78 is 0. The third kappa shape index (κ3) is 3.16. The number of hydrogen-bond donors (Lipinski definition) is 2. The van der Waals surface area contributed by atoms with Crippen LogP contribution in [-0.2, 0) is 6.42 Å². The number of carbonyl (C=O) groups excluding carboxylic acids is 2. The van der Waals surface area contributed by atoms with Gasteiger partial charge >= 0.3 is 0 Å². The Morgan fingerprint density at radius 3 is 2.83 bits per heavy atom. The third-order valence-electron chi connectivity index (χ3n) is 4.62. The number of nitrogens with zero attached hydrogens (tertiary/aromatic N) is 1. The lowest BCUT2D eigenvalue weighted by molar-refractivity contribution is 0.0936. The summed E-state index contributed by atoms with van der Waals surface area (Å²) in [5.74, 6) is 0.00640. The summed E-state index contributed by atoms with van der Waals surface area (Å²) >= 11 is 1.69. The fraction of sp³-hybridized carbons (Fsp3) is 0.444. The SMILES string of the molecule is Cc1c(C(=O)NCC(c2cccs2)N(C)C)[nH]c2c1C(=O)CCC2. The number of thiophene rings is 1. The molecule has 2 heterocycles. The zero-order valence-corrected chi connectivity index (χ0v) is 15.1. The molecular weight excluding hydrogens is 322 g/mol. The Kier molecular flexibility index (Phi) is 4.87. The fourth-order valence-corrected chi connectivity index (χ4v) is 4.22. The third-order valence-corrected chi connectivity index (χ3v) is 5.59. The number of aromatic nitrogens is 1. The Morgan fingerprint density at radius 1 is 1.42 bits per heavy atom. The summed E-state index contributed by atoms with van der Waals surface area (Å²) in [7, 11) is 4.02. The summed E-state index contributed by atoms with van der Waals surface area (Å²) in [5, 5.41) is 5.06. The molecule has 0 fully saturated rings. The number of fused-ring (bicyclic) bond motifs is 1. The highest BCUT2D eigenvalue weighted by atomic mass is 32.1. The van der Waals surface area contributed by atoms with E-state index >= 15 is 0 Å². The Balaban J connectivity index is 1.75. The molecule has 3 rings (SSSR count). The number of likely N-dealkylation sites (N-methyl/N-ethyl adjacent to an activating group) is 1. The second-order valence-corrected chi connectivity index (χ2v) is 7.44. The number of rotatable bonds is 5. The van der Waals surface area contributed by atoms with E-state index in [9.17, 15) is 9.59 Å². The van der Waals surface area contributed by atoms with E-state index in [1.54, 1.807) is 11.3 Å². The van der Waals surface area contributed by atoms with Crippen molar-refractivity contribution in [3.8, 4) is 0 Å². The van der Waals surface area contributed by atoms with E-state index in [1.165, 1.54) is 4.88 Å². The van der Waals surface area contributed by atoms with Gasteiger partial charge in [-0.05, 0) is 50.9 Å². The van der Waals surface area contributed by atoms with Crippen molar-refractivity contribution in [3.05, 3.63) is 44.9 Å². The van der Waals surface area contributed by atoms with Crippen LogP contribution in [0.15, 0.2) is 17.5 Å². The largest absolute Gasteiger partial charge is 0.354 e. The number of hydrogen-bond acceptors (Lipinski definition) is 4. The number of aryl methyl sites for hydroxylation is 1. The molecule has 24 heavy (non-hydrogen) atoms. The number of carbonyl (C=O) groups is 2. The second kappa shape index (κ2) is 6.91. The standard InChI is InChI=1S/C18H23N3O2S/c1-11-16-12(6-4-7-14(16)22)20-17(11)18(23)19-10-13(21(2)3)15-8-5-9-24-15/h5,8-9,13,20H,4,6-7,10H2,1-3H3,(H,19,23). The first-order valence-corrected chi connectivity index (χ1v) is 9.09. The molecule has 2 aromatic heterocycles. The van der Waals surface area contributed by atoms with Crippen molar-refractivity contribution < 1.29 is 9.59 Å². The molecule has 2 aromatic rings. The van der Waals surface area contributed by atoms with Gasteiger partial charge in [-0.3, -0.25) is 9.59 Å². The Bertz CT molecular complexity index is 747. The van der Waals surface area contributed by atoms with Crippen LogP contribution in [0, 0.1) is 6.92 Å². The molecule has 0 saturated carbocycles. The lowest BCUT2D eigenvalue weighted by atomic mass is 9.94. The van der Waals surface area contributed by atoms with Gasteiger partial charge in [0.05, 0.1) is 6.04 Å². The molecule has 0 radical (unpaired) electrons. The highest BCUT2D eigenvalue weighted by Gasteiger charge is 2.26. The quantitative estimate of drug-likeness (QED) is 0.876. The molecule has 1 amide bonds. The predicted molar refractivity (Wildman–Crippen MR) is 95.9 cm³/mol. The number of H-pyrrole nitrogens is 1. The Morgan fingerprint density at radius 2 is 2.21 bits per heavy atom. The molecule has 2 N–H and O–H groups in total. The van der Waals surface area contributed by atoms with E-state index in [-0.39, 0.29) is 17.7 Å². The summed E-state index contributed by atoms with van der Waals surface area (Å²) in [6.45, 7) is 2.39. The zero-order valence-electron chi connectivity index (χ0n) is 14.3. The van der Waals surface area contributed by atoms with Crippen molar-refractivity contribution in [1.29, 1.82) is 0 Å². The zero-order chi connectivity index (χ0) is 17.3. The summed E-state index contributed by atoms with van der Waals surface area (Å²) in [4.78, 5) is 31.2. The average Bonchev–Trinajstić information content (AvgIpc) is 3.16. The fourth-order valence-electron chi connectivity index (χ4n) is 3.30. The smallest absolute Gasteiger partial charge is 0.268 e. The van der Waals surface area contributed by atoms with E-state index in [0.29, 0.717) is 18.7 Å². The highest BCUT2D eigenvalue weighted by Crippen LogP contribution is 2.27. The first-order valence-electron chi connectivity index (χ1n) is 8.21. The van der Waals surface area contributed by atoms with Gasteiger partial charge in [-0.2, -0.15) is 0 Å². The average molecular weight is 345 g/mol. The molecule has 0 bridgehead atoms. The summed E-state index contributed by atoms with van der Waals surface area (Å²) in [6.07, 6.45) is 2.27. The molecule has 0 spiro atoms. The van der Waals surface area contributed by atoms with Crippen LogP contribution < -0.4 is 5.32 Å². The highest BCUT2D eigenvalue weighted by molar-refractivity contribution is 7.10. The molecule has 0 aromatic carbocycles. The van der Waals surface area contributed by atoms with Gasteiger partial charge in [0.2, 0.25) is 0 Å². The van der Waals surface area contributed by atoms with Crippen LogP contribution in [0.1, 0.15) is 55.9 Å². The minimum Gasteiger partial charge on any atom is -0.354 e. The van der Waals surface area contributed by atoms with Gasteiger partial charge in [-0.1, -0.05) is 6.07 Å². The van der Waals surface area contributed by atoms with Crippen molar-refractivity contribution in [3.63, 3.8) is 0 Å². The van der Waals surface area contributed by atoms with Gasteiger partial charge in [0.25, 0.3) is 5.91 Å². The maximum Gasteiger partial charge on any atom is 0.268 e. The van der Waals surface area contributed by atoms with Gasteiger partial charge < -0.3 is 15.2 Å². The maximum absolute atomic E-state index is 12.6. The van der Waals surface area contributed by atoms with E-state index < -0.39 is 0 Å². The first kappa shape index (κ1) is 16.9. The maximum atomic E-state index is 12.6. The second-order valence-electron chi connectivity index (χ2n) is 6.46. The summed E-state index contributed by atoms with van der Waals surface area (Å²) in [5.41, 5.74) is 2.95. The van der Waals surface area contributed by atoms with Crippen molar-refractivity contribution in [2.45, 2.75) is 32.2 Å². The van der Waals surface area contributed by atoms with Crippen LogP contribution in [0.25, 0.3) is 0 Å². The van der Waals surface area contributed by atoms with E-state index in [2.05, 4.69) is 21.3 Å². The van der Waals surface area contributed by atoms with E-state index in [0.717, 1.165) is 29.7 Å². The van der Waals surface area contributed by atoms with Gasteiger partial charge in [0.15, 0.2) is 5.78 Å². The van der Waals surface area contributed by atoms with Gasteiger partial charge in [-0.25, -0.2) is 0 Å². The number of nitrogens with one attached hydrogen (secondary N) is 2. The van der Waals surface area contributed by atoms with Crippen molar-refractivity contribution in [2.24, 2.45) is 0 Å². The topological polar surface area (TPSA) is 65.2 Å². The van der Waals surface area contributed by atoms with Crippen molar-refractivity contribution >= 4 is 23.0 Å². The van der Waals surface area contributed by atoms with Gasteiger partial charge in [0.1, 0.15) is 5.69 Å². The predicted octanol–water partition coefficient (Wildman–Crippen LogP) is 2.94. The van der Waals surface area contributed by atoms with Gasteiger partial charge in [0, 0.05) is 29.1 Å². The van der Waals surface area contributed by atoms with Crippen LogP contribution >= 0.6 is 11.3 Å². The number of Topliss-reactive ketones (excluding diaryl/α,β-unsaturated/α-hetero) is 1. The Hall–Kier alpha value is -1.92. The van der Waals surface area contributed by atoms with Crippen LogP contribution in [-0.4, -0.2) is 42.2 Å². The molecule has 1 unspecified atom stereocenters. The first-order chi connectivity index (χ1) is 11.5. The minimum absolute atomic E-state index is 0.139. The lowest BCUT2D eigenvalue weighted by Crippen LogP contribution is -2.34. The molecule has 1 aliphatic carbocycles. The number of ketones is 1. The van der Waals surface area contributed by atoms with Crippen molar-refractivity contribution in [2.75, 3.05) is 20.6 Å². The lowest BCUT2D eigenvalue weighted by Gasteiger charge is -2.23. The summed E-state index contributed by atoms with van der Waals surface area (Å²) in [6, 6.07) is 4.24. The molecule has 1 aliphatic rings. The molecule has 128 valence electrons. The van der Waals surface area contributed by atoms with Gasteiger partial charge in [-0.15, -0.1) is 11.3 Å². The van der Waals surface area contributed by atoms with E-state index in [4.69, 9.17) is 0 Å². The van der Waals surface area contributed by atoms with Crippen LogP contribution in [0.2, 0.25) is 0 Å². The molecular formula is C18H23N3O2S. The minimum atomic E-state index is -0.141. The number of amides is 1. The van der Waals surface area contributed by atoms with E-state index in [1.807, 2.05) is 32.5 Å². The number of aromatic amines is 1. The monoisotopic (exact) mass is 345 g/mol. The molecule has 0 aliphatic heterocycles. The van der Waals surface area contributed by atoms with Crippen LogP contribution in [0.3, 0.4) is 0 Å². The normalized spacial score (nSPS) is 15.4. The van der Waals surface area contributed by atoms with Crippen LogP contribution in [0.5, 0.6) is 0 Å². The van der Waals surface area contributed by atoms with Crippen LogP contribution in [0.4, 0.5) is 0 Å². The molecule has 6 heteroatoms. The molecule has 1 atom stereocenters. The molecule has 0 saturated heterocycles. The molecule has 5 nitrogen and oxygen atoms in total. The van der Waals surface area contributed by atoms with Crippen molar-refractivity contribution in [1.82, 2.24) is 15.2 Å². The Labute approximate surface area is 146 Å².